The number of halogens is 3. The Morgan fingerprint density at radius 3 is 2.54 bits per heavy atom. The summed E-state index contributed by atoms with van der Waals surface area (Å²) in [6.07, 6.45) is -3.09. The average molecular weight is 489 g/mol. The van der Waals surface area contributed by atoms with Crippen LogP contribution in [0, 0.1) is 6.92 Å². The van der Waals surface area contributed by atoms with Gasteiger partial charge in [-0.05, 0) is 42.8 Å². The van der Waals surface area contributed by atoms with E-state index in [-0.39, 0.29) is 17.6 Å². The summed E-state index contributed by atoms with van der Waals surface area (Å²) < 4.78 is 51.4. The topological polar surface area (TPSA) is 68.6 Å². The van der Waals surface area contributed by atoms with E-state index in [1.165, 1.54) is 23.0 Å². The predicted molar refractivity (Wildman–Crippen MR) is 124 cm³/mol. The van der Waals surface area contributed by atoms with E-state index in [0.717, 1.165) is 36.5 Å². The van der Waals surface area contributed by atoms with Gasteiger partial charge in [-0.3, -0.25) is 9.69 Å². The van der Waals surface area contributed by atoms with Gasteiger partial charge in [-0.1, -0.05) is 18.2 Å². The monoisotopic (exact) mass is 488 g/mol. The van der Waals surface area contributed by atoms with Crippen LogP contribution in [0.2, 0.25) is 0 Å². The molecule has 0 spiro atoms. The summed E-state index contributed by atoms with van der Waals surface area (Å²) in [4.78, 5) is 15.3. The van der Waals surface area contributed by atoms with Crippen molar-refractivity contribution < 1.29 is 27.4 Å². The summed E-state index contributed by atoms with van der Waals surface area (Å²) in [5.74, 6) is 0.406. The van der Waals surface area contributed by atoms with Crippen LogP contribution in [0.1, 0.15) is 33.2 Å². The molecule has 1 aliphatic heterocycles. The Morgan fingerprint density at radius 2 is 1.89 bits per heavy atom. The number of aromatic nitrogens is 2. The number of methoxy groups -OCH3 is 1. The van der Waals surface area contributed by atoms with Crippen molar-refractivity contribution in [1.29, 1.82) is 0 Å². The molecule has 186 valence electrons. The lowest BCUT2D eigenvalue weighted by Gasteiger charge is -2.35. The number of morpholine rings is 1. The predicted octanol–water partition coefficient (Wildman–Crippen LogP) is 4.01. The first-order valence-corrected chi connectivity index (χ1v) is 11.2. The molecule has 2 heterocycles. The van der Waals surface area contributed by atoms with Crippen LogP contribution in [0.15, 0.2) is 54.7 Å². The molecule has 1 atom stereocenters. The molecule has 3 aromatic rings. The highest BCUT2D eigenvalue weighted by molar-refractivity contribution is 5.95. The first-order valence-electron chi connectivity index (χ1n) is 11.2. The molecule has 1 unspecified atom stereocenters. The normalized spacial score (nSPS) is 15.6. The number of carbonyl (C=O) groups excluding carboxylic acids is 1. The van der Waals surface area contributed by atoms with E-state index in [9.17, 15) is 18.0 Å². The first-order chi connectivity index (χ1) is 16.8. The highest BCUT2D eigenvalue weighted by Crippen LogP contribution is 2.30. The van der Waals surface area contributed by atoms with Gasteiger partial charge in [0, 0.05) is 19.6 Å². The number of nitrogens with zero attached hydrogens (tertiary/aromatic N) is 3. The summed E-state index contributed by atoms with van der Waals surface area (Å²) in [5, 5.41) is 7.15. The maximum Gasteiger partial charge on any atom is 0.416 e. The highest BCUT2D eigenvalue weighted by Gasteiger charge is 2.31. The minimum atomic E-state index is -4.47. The summed E-state index contributed by atoms with van der Waals surface area (Å²) >= 11 is 0. The number of nitrogens with one attached hydrogen (secondary N) is 1. The molecule has 35 heavy (non-hydrogen) atoms. The number of ether oxygens (including phenoxy) is 2. The quantitative estimate of drug-likeness (QED) is 0.544. The van der Waals surface area contributed by atoms with E-state index in [1.807, 2.05) is 24.3 Å². The van der Waals surface area contributed by atoms with Gasteiger partial charge in [-0.15, -0.1) is 0 Å². The Bertz CT molecular complexity index is 1160. The van der Waals surface area contributed by atoms with Crippen molar-refractivity contribution in [2.45, 2.75) is 19.1 Å². The zero-order valence-corrected chi connectivity index (χ0v) is 19.5. The number of alkyl halides is 3. The van der Waals surface area contributed by atoms with Crippen LogP contribution in [-0.2, 0) is 10.9 Å². The van der Waals surface area contributed by atoms with Gasteiger partial charge in [0.25, 0.3) is 5.91 Å². The van der Waals surface area contributed by atoms with Gasteiger partial charge in [0.1, 0.15) is 5.75 Å². The van der Waals surface area contributed by atoms with E-state index in [4.69, 9.17) is 9.47 Å². The third kappa shape index (κ3) is 5.66. The van der Waals surface area contributed by atoms with E-state index >= 15 is 0 Å². The third-order valence-corrected chi connectivity index (χ3v) is 6.12. The summed E-state index contributed by atoms with van der Waals surface area (Å²) in [5.41, 5.74) is 1.25. The van der Waals surface area contributed by atoms with Crippen LogP contribution < -0.4 is 10.1 Å². The van der Waals surface area contributed by atoms with E-state index in [2.05, 4.69) is 15.3 Å². The first kappa shape index (κ1) is 24.7. The molecule has 4 rings (SSSR count). The maximum atomic E-state index is 13.1. The fraction of sp³-hybridized carbons (Fsp3) is 0.360. The van der Waals surface area contributed by atoms with E-state index in [0.29, 0.717) is 31.0 Å². The van der Waals surface area contributed by atoms with Crippen LogP contribution in [0.25, 0.3) is 5.69 Å². The van der Waals surface area contributed by atoms with Crippen molar-refractivity contribution >= 4 is 5.91 Å². The minimum absolute atomic E-state index is 0.0763. The summed E-state index contributed by atoms with van der Waals surface area (Å²) in [6, 6.07) is 12.5. The Balaban J connectivity index is 1.52. The lowest BCUT2D eigenvalue weighted by atomic mass is 10.0. The van der Waals surface area contributed by atoms with Crippen LogP contribution in [0.4, 0.5) is 13.2 Å². The molecule has 10 heteroatoms. The molecule has 1 aromatic heterocycles. The van der Waals surface area contributed by atoms with Crippen molar-refractivity contribution in [1.82, 2.24) is 20.0 Å². The van der Waals surface area contributed by atoms with Crippen LogP contribution in [0.5, 0.6) is 5.75 Å². The Hall–Kier alpha value is -3.37. The Kier molecular flexibility index (Phi) is 7.42. The summed E-state index contributed by atoms with van der Waals surface area (Å²) in [7, 11) is 1.61. The second kappa shape index (κ2) is 10.5. The second-order valence-corrected chi connectivity index (χ2v) is 8.25. The molecule has 7 nitrogen and oxygen atoms in total. The lowest BCUT2D eigenvalue weighted by molar-refractivity contribution is -0.137. The zero-order valence-electron chi connectivity index (χ0n) is 19.5. The highest BCUT2D eigenvalue weighted by atomic mass is 19.4. The van der Waals surface area contributed by atoms with Gasteiger partial charge in [0.05, 0.1) is 55.1 Å². The van der Waals surface area contributed by atoms with E-state index in [1.54, 1.807) is 14.0 Å². The largest absolute Gasteiger partial charge is 0.497 e. The van der Waals surface area contributed by atoms with Gasteiger partial charge in [-0.2, -0.15) is 18.3 Å². The minimum Gasteiger partial charge on any atom is -0.497 e. The number of rotatable bonds is 7. The molecule has 0 saturated carbocycles. The van der Waals surface area contributed by atoms with Gasteiger partial charge < -0.3 is 14.8 Å². The Labute approximate surface area is 201 Å². The van der Waals surface area contributed by atoms with Gasteiger partial charge in [-0.25, -0.2) is 4.68 Å². The molecular formula is C25H27F3N4O3. The van der Waals surface area contributed by atoms with Crippen molar-refractivity contribution in [3.8, 4) is 11.4 Å². The average Bonchev–Trinajstić information content (AvgIpc) is 3.26. The molecule has 1 fully saturated rings. The van der Waals surface area contributed by atoms with Crippen molar-refractivity contribution in [2.75, 3.05) is 40.0 Å². The lowest BCUT2D eigenvalue weighted by Crippen LogP contribution is -2.43. The number of hydrogen-bond donors (Lipinski definition) is 1. The summed E-state index contributed by atoms with van der Waals surface area (Å²) in [6.45, 7) is 4.70. The zero-order chi connectivity index (χ0) is 25.0. The van der Waals surface area contributed by atoms with Crippen molar-refractivity contribution in [3.05, 3.63) is 77.1 Å². The SMILES string of the molecule is COc1ccc(C(CNC(=O)c2cnn(-c3cccc(C(F)(F)F)c3)c2C)N2CCOCC2)cc1. The van der Waals surface area contributed by atoms with E-state index < -0.39 is 11.7 Å². The fourth-order valence-electron chi connectivity index (χ4n) is 4.16. The number of amides is 1. The molecule has 1 N–H and O–H groups in total. The Morgan fingerprint density at radius 1 is 1.17 bits per heavy atom. The maximum absolute atomic E-state index is 13.1. The molecule has 0 bridgehead atoms. The van der Waals surface area contributed by atoms with Gasteiger partial charge in [0.15, 0.2) is 0 Å². The number of carbonyl (C=O) groups is 1. The van der Waals surface area contributed by atoms with Crippen molar-refractivity contribution in [2.24, 2.45) is 0 Å². The molecule has 2 aromatic carbocycles. The van der Waals surface area contributed by atoms with Crippen molar-refractivity contribution in [3.63, 3.8) is 0 Å². The van der Waals surface area contributed by atoms with Crippen LogP contribution in [0.3, 0.4) is 0 Å². The standard InChI is InChI=1S/C25H27F3N4O3/c1-17-22(15-30-32(17)20-5-3-4-19(14-20)25(26,27)28)24(33)29-16-23(31-10-12-35-13-11-31)18-6-8-21(34-2)9-7-18/h3-9,14-15,23H,10-13,16H2,1-2H3,(H,29,33). The van der Waals surface area contributed by atoms with Gasteiger partial charge >= 0.3 is 6.18 Å². The number of hydrogen-bond acceptors (Lipinski definition) is 5. The molecule has 1 amide bonds. The van der Waals surface area contributed by atoms with Crippen LogP contribution in [-0.4, -0.2) is 60.5 Å². The molecule has 0 aliphatic carbocycles. The molecule has 1 saturated heterocycles. The smallest absolute Gasteiger partial charge is 0.416 e. The third-order valence-electron chi connectivity index (χ3n) is 6.12. The molecule has 0 radical (unpaired) electrons. The fourth-order valence-corrected chi connectivity index (χ4v) is 4.16. The second-order valence-electron chi connectivity index (χ2n) is 8.25. The molecule has 1 aliphatic rings. The number of benzene rings is 2. The van der Waals surface area contributed by atoms with Crippen LogP contribution >= 0.6 is 0 Å². The molecular weight excluding hydrogens is 461 g/mol. The van der Waals surface area contributed by atoms with Gasteiger partial charge in [0.2, 0.25) is 0 Å².